The van der Waals surface area contributed by atoms with Gasteiger partial charge in [0.1, 0.15) is 5.82 Å². The molecule has 0 amide bonds. The molecule has 0 saturated heterocycles. The van der Waals surface area contributed by atoms with Crippen molar-refractivity contribution in [3.8, 4) is 0 Å². The van der Waals surface area contributed by atoms with E-state index in [1.807, 2.05) is 85.8 Å². The molecular formula is C40H41N5S. The molecular weight excluding hydrogens is 583 g/mol. The summed E-state index contributed by atoms with van der Waals surface area (Å²) >= 11 is 1.88. The van der Waals surface area contributed by atoms with Gasteiger partial charge in [-0.3, -0.25) is 9.88 Å². The molecule has 5 nitrogen and oxygen atoms in total. The van der Waals surface area contributed by atoms with Gasteiger partial charge in [0, 0.05) is 37.5 Å². The topological polar surface area (TPSA) is 81.0 Å². The first-order chi connectivity index (χ1) is 22.6. The number of aromatic nitrogens is 1. The Morgan fingerprint density at radius 3 is 1.85 bits per heavy atom. The predicted molar refractivity (Wildman–Crippen MR) is 200 cm³/mol. The van der Waals surface area contributed by atoms with Crippen molar-refractivity contribution in [1.29, 1.82) is 0 Å². The van der Waals surface area contributed by atoms with E-state index in [1.54, 1.807) is 0 Å². The SMILES string of the molecule is CC.CC1=CC=C(n2c3ccccc3c3cc4c(cc32)sc2ccccc24)NC1.NC(NC(N)c1ccccc1)c1ccccc1. The molecule has 0 saturated carbocycles. The Balaban J connectivity index is 0.000000170. The number of fused-ring (bicyclic) bond motifs is 6. The van der Waals surface area contributed by atoms with E-state index in [4.69, 9.17) is 11.5 Å². The highest BCUT2D eigenvalue weighted by Gasteiger charge is 2.17. The molecule has 0 bridgehead atoms. The molecule has 0 radical (unpaired) electrons. The number of allylic oxidation sites excluding steroid dienone is 2. The summed E-state index contributed by atoms with van der Waals surface area (Å²) < 4.78 is 5.07. The smallest absolute Gasteiger partial charge is 0.111 e. The second-order valence-electron chi connectivity index (χ2n) is 11.2. The third kappa shape index (κ3) is 6.34. The fraction of sp³-hybridized carbons (Fsp3) is 0.150. The Hall–Kier alpha value is -4.72. The van der Waals surface area contributed by atoms with E-state index in [9.17, 15) is 0 Å². The summed E-state index contributed by atoms with van der Waals surface area (Å²) in [6.45, 7) is 7.05. The lowest BCUT2D eigenvalue weighted by molar-refractivity contribution is 0.464. The highest BCUT2D eigenvalue weighted by Crippen LogP contribution is 2.40. The van der Waals surface area contributed by atoms with Crippen molar-refractivity contribution in [3.63, 3.8) is 0 Å². The quantitative estimate of drug-likeness (QED) is 0.144. The molecule has 1 aliphatic heterocycles. The number of nitrogens with zero attached hydrogens (tertiary/aromatic N) is 1. The van der Waals surface area contributed by atoms with Crippen LogP contribution in [0.2, 0.25) is 0 Å². The molecule has 0 spiro atoms. The van der Waals surface area contributed by atoms with Gasteiger partial charge in [0.2, 0.25) is 0 Å². The van der Waals surface area contributed by atoms with Crippen LogP contribution in [0.3, 0.4) is 0 Å². The zero-order valence-corrected chi connectivity index (χ0v) is 27.4. The monoisotopic (exact) mass is 623 g/mol. The molecule has 8 rings (SSSR count). The van der Waals surface area contributed by atoms with Crippen LogP contribution in [-0.2, 0) is 0 Å². The van der Waals surface area contributed by atoms with Gasteiger partial charge in [-0.05, 0) is 48.4 Å². The van der Waals surface area contributed by atoms with E-state index in [0.29, 0.717) is 0 Å². The summed E-state index contributed by atoms with van der Waals surface area (Å²) in [6.07, 6.45) is 3.89. The molecule has 7 aromatic rings. The van der Waals surface area contributed by atoms with Gasteiger partial charge in [-0.25, -0.2) is 0 Å². The minimum atomic E-state index is -0.258. The lowest BCUT2D eigenvalue weighted by atomic mass is 10.1. The molecule has 1 aliphatic rings. The van der Waals surface area contributed by atoms with Crippen LogP contribution in [0.25, 0.3) is 47.8 Å². The lowest BCUT2D eigenvalue weighted by Gasteiger charge is -2.20. The lowest BCUT2D eigenvalue weighted by Crippen LogP contribution is -2.36. The second kappa shape index (κ2) is 14.1. The highest BCUT2D eigenvalue weighted by molar-refractivity contribution is 7.25. The van der Waals surface area contributed by atoms with E-state index < -0.39 is 0 Å². The molecule has 0 aliphatic carbocycles. The standard InChI is InChI=1S/C24H18N2S.C14H17N3.C2H6/c1-15-10-11-24(25-14-15)26-20-8-4-2-6-16(20)18-12-19-17-7-3-5-9-22(17)27-23(19)13-21(18)26;15-13(11-7-3-1-4-8-11)17-14(16)12-9-5-2-6-10-12;1-2/h2-13,25H,14H2,1H3;1-10,13-14,17H,15-16H2;1-2H3. The van der Waals surface area contributed by atoms with Crippen LogP contribution in [0.15, 0.2) is 139 Å². The molecule has 46 heavy (non-hydrogen) atoms. The second-order valence-corrected chi connectivity index (χ2v) is 12.3. The number of dihydropyridines is 1. The fourth-order valence-corrected chi connectivity index (χ4v) is 7.00. The number of para-hydroxylation sites is 1. The number of hydrogen-bond donors (Lipinski definition) is 4. The van der Waals surface area contributed by atoms with Crippen LogP contribution in [0.1, 0.15) is 44.2 Å². The maximum Gasteiger partial charge on any atom is 0.111 e. The molecule has 232 valence electrons. The van der Waals surface area contributed by atoms with Gasteiger partial charge in [-0.1, -0.05) is 123 Å². The van der Waals surface area contributed by atoms with Crippen molar-refractivity contribution in [1.82, 2.24) is 15.2 Å². The molecule has 5 aromatic carbocycles. The van der Waals surface area contributed by atoms with Crippen molar-refractivity contribution in [2.24, 2.45) is 11.5 Å². The fourth-order valence-electron chi connectivity index (χ4n) is 5.88. The largest absolute Gasteiger partial charge is 0.367 e. The Bertz CT molecular complexity index is 2100. The average Bonchev–Trinajstić information content (AvgIpc) is 3.64. The van der Waals surface area contributed by atoms with Crippen LogP contribution >= 0.6 is 11.3 Å². The summed E-state index contributed by atoms with van der Waals surface area (Å²) in [5, 5.41) is 12.1. The van der Waals surface area contributed by atoms with Crippen molar-refractivity contribution in [2.75, 3.05) is 6.54 Å². The minimum absolute atomic E-state index is 0.258. The van der Waals surface area contributed by atoms with Crippen molar-refractivity contribution in [3.05, 3.63) is 150 Å². The molecule has 2 atom stereocenters. The van der Waals surface area contributed by atoms with Gasteiger partial charge in [0.15, 0.2) is 0 Å². The third-order valence-corrected chi connectivity index (χ3v) is 9.30. The van der Waals surface area contributed by atoms with Crippen LogP contribution in [0.4, 0.5) is 0 Å². The first-order valence-electron chi connectivity index (χ1n) is 15.9. The average molecular weight is 624 g/mol. The van der Waals surface area contributed by atoms with Gasteiger partial charge in [0.25, 0.3) is 0 Å². The van der Waals surface area contributed by atoms with Crippen LogP contribution < -0.4 is 22.1 Å². The van der Waals surface area contributed by atoms with Crippen molar-refractivity contribution in [2.45, 2.75) is 33.1 Å². The summed E-state index contributed by atoms with van der Waals surface area (Å²) in [7, 11) is 0. The number of rotatable bonds is 5. The zero-order chi connectivity index (χ0) is 32.0. The highest BCUT2D eigenvalue weighted by atomic mass is 32.1. The van der Waals surface area contributed by atoms with Crippen LogP contribution in [-0.4, -0.2) is 11.1 Å². The van der Waals surface area contributed by atoms with E-state index >= 15 is 0 Å². The Kier molecular flexibility index (Phi) is 9.62. The molecule has 3 heterocycles. The number of nitrogens with two attached hydrogens (primary N) is 2. The van der Waals surface area contributed by atoms with E-state index in [-0.39, 0.29) is 12.3 Å². The molecule has 2 unspecified atom stereocenters. The molecule has 6 N–H and O–H groups in total. The van der Waals surface area contributed by atoms with Crippen molar-refractivity contribution < 1.29 is 0 Å². The van der Waals surface area contributed by atoms with Crippen molar-refractivity contribution >= 4 is 59.1 Å². The van der Waals surface area contributed by atoms with Crippen LogP contribution in [0.5, 0.6) is 0 Å². The summed E-state index contributed by atoms with van der Waals surface area (Å²) in [5.74, 6) is 1.15. The van der Waals surface area contributed by atoms with E-state index in [2.05, 4.69) is 94.9 Å². The van der Waals surface area contributed by atoms with E-state index in [1.165, 1.54) is 47.6 Å². The van der Waals surface area contributed by atoms with Gasteiger partial charge in [0.05, 0.1) is 23.4 Å². The maximum atomic E-state index is 6.04. The first kappa shape index (κ1) is 31.3. The number of hydrogen-bond acceptors (Lipinski definition) is 5. The Morgan fingerprint density at radius 2 is 1.22 bits per heavy atom. The van der Waals surface area contributed by atoms with E-state index in [0.717, 1.165) is 23.5 Å². The maximum absolute atomic E-state index is 6.04. The summed E-state index contributed by atoms with van der Waals surface area (Å²) in [5.41, 5.74) is 18.0. The Morgan fingerprint density at radius 1 is 0.630 bits per heavy atom. The summed E-state index contributed by atoms with van der Waals surface area (Å²) in [6, 6.07) is 41.9. The van der Waals surface area contributed by atoms with Gasteiger partial charge in [-0.15, -0.1) is 11.3 Å². The third-order valence-electron chi connectivity index (χ3n) is 8.16. The Labute approximate surface area is 274 Å². The zero-order valence-electron chi connectivity index (χ0n) is 26.6. The molecule has 0 fully saturated rings. The number of benzene rings is 5. The number of nitrogens with one attached hydrogen (secondary N) is 2. The number of thiophene rings is 1. The minimum Gasteiger partial charge on any atom is -0.367 e. The van der Waals surface area contributed by atoms with Gasteiger partial charge >= 0.3 is 0 Å². The molecule has 6 heteroatoms. The van der Waals surface area contributed by atoms with Crippen LogP contribution in [0, 0.1) is 0 Å². The summed E-state index contributed by atoms with van der Waals surface area (Å²) in [4.78, 5) is 0. The van der Waals surface area contributed by atoms with Gasteiger partial charge in [-0.2, -0.15) is 0 Å². The first-order valence-corrected chi connectivity index (χ1v) is 16.7. The molecule has 2 aromatic heterocycles. The van der Waals surface area contributed by atoms with Gasteiger partial charge < -0.3 is 16.8 Å². The predicted octanol–water partition coefficient (Wildman–Crippen LogP) is 9.43. The normalized spacial score (nSPS) is 14.0.